The van der Waals surface area contributed by atoms with E-state index in [2.05, 4.69) is 4.90 Å². The average molecular weight is 365 g/mol. The lowest BCUT2D eigenvalue weighted by Gasteiger charge is -2.37. The first kappa shape index (κ1) is 21.3. The number of carbonyl (C=O) groups excluding carboxylic acids is 2. The van der Waals surface area contributed by atoms with Crippen molar-refractivity contribution >= 4 is 42.3 Å². The summed E-state index contributed by atoms with van der Waals surface area (Å²) in [7, 11) is 0. The lowest BCUT2D eigenvalue weighted by Crippen LogP contribution is -2.53. The first-order valence-electron chi connectivity index (χ1n) is 6.84. The number of carbonyl (C=O) groups is 2. The molecule has 130 valence electrons. The Morgan fingerprint density at radius 2 is 1.61 bits per heavy atom. The molecular formula is C14H22Cl2N4O3. The van der Waals surface area contributed by atoms with Gasteiger partial charge in [0, 0.05) is 31.9 Å². The third kappa shape index (κ3) is 5.78. The molecule has 0 spiro atoms. The van der Waals surface area contributed by atoms with Crippen LogP contribution in [0.5, 0.6) is 5.75 Å². The molecule has 1 aliphatic rings. The summed E-state index contributed by atoms with van der Waals surface area (Å²) in [4.78, 5) is 26.7. The van der Waals surface area contributed by atoms with Crippen molar-refractivity contribution in [3.63, 3.8) is 0 Å². The van der Waals surface area contributed by atoms with Gasteiger partial charge in [-0.1, -0.05) is 0 Å². The summed E-state index contributed by atoms with van der Waals surface area (Å²) in [6.45, 7) is 2.46. The fraction of sp³-hybridized carbons (Fsp3) is 0.429. The molecule has 0 aromatic heterocycles. The van der Waals surface area contributed by atoms with Crippen LogP contribution in [0, 0.1) is 0 Å². The summed E-state index contributed by atoms with van der Waals surface area (Å²) in [5, 5.41) is 9.28. The number of phenolic OH excluding ortho intramolecular Hbond substituents is 1. The third-order valence-electron chi connectivity index (χ3n) is 3.54. The molecule has 5 N–H and O–H groups in total. The van der Waals surface area contributed by atoms with Crippen molar-refractivity contribution in [1.82, 2.24) is 4.90 Å². The second kappa shape index (κ2) is 9.44. The Bertz CT molecular complexity index is 519. The third-order valence-corrected chi connectivity index (χ3v) is 3.54. The Balaban J connectivity index is 0.00000242. The summed E-state index contributed by atoms with van der Waals surface area (Å²) < 4.78 is 0. The van der Waals surface area contributed by atoms with Gasteiger partial charge in [0.2, 0.25) is 11.8 Å². The lowest BCUT2D eigenvalue weighted by atomic mass is 10.1. The number of nitrogens with zero attached hydrogens (tertiary/aromatic N) is 2. The van der Waals surface area contributed by atoms with Gasteiger partial charge in [-0.3, -0.25) is 9.59 Å². The number of hydrogen-bond donors (Lipinski definition) is 3. The molecule has 1 fully saturated rings. The number of piperazine rings is 1. The van der Waals surface area contributed by atoms with Crippen LogP contribution in [0.4, 0.5) is 5.69 Å². The van der Waals surface area contributed by atoms with E-state index in [-0.39, 0.29) is 42.9 Å². The molecule has 0 aliphatic carbocycles. The topological polar surface area (TPSA) is 113 Å². The van der Waals surface area contributed by atoms with Gasteiger partial charge in [-0.2, -0.15) is 0 Å². The van der Waals surface area contributed by atoms with Crippen LogP contribution in [0.25, 0.3) is 0 Å². The lowest BCUT2D eigenvalue weighted by molar-refractivity contribution is -0.134. The van der Waals surface area contributed by atoms with Crippen molar-refractivity contribution in [1.29, 1.82) is 0 Å². The van der Waals surface area contributed by atoms with Crippen LogP contribution in [-0.2, 0) is 9.59 Å². The highest BCUT2D eigenvalue weighted by atomic mass is 35.5. The van der Waals surface area contributed by atoms with Gasteiger partial charge in [0.1, 0.15) is 5.75 Å². The van der Waals surface area contributed by atoms with Crippen LogP contribution >= 0.6 is 24.8 Å². The zero-order valence-electron chi connectivity index (χ0n) is 12.6. The molecule has 7 nitrogen and oxygen atoms in total. The van der Waals surface area contributed by atoms with Crippen molar-refractivity contribution in [2.45, 2.75) is 12.5 Å². The second-order valence-corrected chi connectivity index (χ2v) is 5.11. The highest BCUT2D eigenvalue weighted by Gasteiger charge is 2.26. The van der Waals surface area contributed by atoms with Gasteiger partial charge >= 0.3 is 0 Å². The summed E-state index contributed by atoms with van der Waals surface area (Å²) >= 11 is 0. The Morgan fingerprint density at radius 3 is 2.09 bits per heavy atom. The molecule has 1 aromatic rings. The SMILES string of the molecule is Cl.Cl.NC(=O)CC(N)C(=O)N1CCN(c2ccc(O)cc2)CC1. The van der Waals surface area contributed by atoms with Gasteiger partial charge in [0.25, 0.3) is 0 Å². The van der Waals surface area contributed by atoms with Gasteiger partial charge < -0.3 is 26.4 Å². The van der Waals surface area contributed by atoms with E-state index in [0.717, 1.165) is 5.69 Å². The van der Waals surface area contributed by atoms with Crippen molar-refractivity contribution in [2.75, 3.05) is 31.1 Å². The van der Waals surface area contributed by atoms with Crippen LogP contribution in [0.15, 0.2) is 24.3 Å². The monoisotopic (exact) mass is 364 g/mol. The molecule has 0 saturated carbocycles. The summed E-state index contributed by atoms with van der Waals surface area (Å²) in [6.07, 6.45) is -0.128. The van der Waals surface area contributed by atoms with Gasteiger partial charge in [-0.15, -0.1) is 24.8 Å². The minimum Gasteiger partial charge on any atom is -0.508 e. The second-order valence-electron chi connectivity index (χ2n) is 5.11. The number of aromatic hydroxyl groups is 1. The Kier molecular flexibility index (Phi) is 8.74. The molecule has 1 unspecified atom stereocenters. The summed E-state index contributed by atoms with van der Waals surface area (Å²) in [5.41, 5.74) is 11.7. The molecule has 1 heterocycles. The number of benzene rings is 1. The van der Waals surface area contributed by atoms with Gasteiger partial charge in [0.05, 0.1) is 12.5 Å². The van der Waals surface area contributed by atoms with Crippen molar-refractivity contribution < 1.29 is 14.7 Å². The minimum absolute atomic E-state index is 0. The van der Waals surface area contributed by atoms with Crippen LogP contribution in [0.1, 0.15) is 6.42 Å². The van der Waals surface area contributed by atoms with E-state index in [1.54, 1.807) is 17.0 Å². The molecule has 1 aromatic carbocycles. The molecule has 2 rings (SSSR count). The zero-order chi connectivity index (χ0) is 15.4. The molecule has 1 saturated heterocycles. The predicted octanol–water partition coefficient (Wildman–Crippen LogP) is 0.0871. The van der Waals surface area contributed by atoms with E-state index in [4.69, 9.17) is 11.5 Å². The predicted molar refractivity (Wildman–Crippen MR) is 93.2 cm³/mol. The van der Waals surface area contributed by atoms with Crippen LogP contribution in [-0.4, -0.2) is 54.0 Å². The number of amides is 2. The number of rotatable bonds is 4. The maximum absolute atomic E-state index is 12.1. The van der Waals surface area contributed by atoms with E-state index >= 15 is 0 Å². The van der Waals surface area contributed by atoms with Crippen molar-refractivity contribution in [2.24, 2.45) is 11.5 Å². The van der Waals surface area contributed by atoms with E-state index in [1.165, 1.54) is 0 Å². The van der Waals surface area contributed by atoms with Crippen LogP contribution in [0.2, 0.25) is 0 Å². The summed E-state index contributed by atoms with van der Waals surface area (Å²) in [6, 6.07) is 6.09. The number of hydrogen-bond acceptors (Lipinski definition) is 5. The molecule has 0 radical (unpaired) electrons. The number of nitrogens with two attached hydrogens (primary N) is 2. The Labute approximate surface area is 147 Å². The van der Waals surface area contributed by atoms with Gasteiger partial charge in [-0.05, 0) is 24.3 Å². The van der Waals surface area contributed by atoms with E-state index in [0.29, 0.717) is 26.2 Å². The zero-order valence-corrected chi connectivity index (χ0v) is 14.2. The Hall–Kier alpha value is -1.70. The van der Waals surface area contributed by atoms with Crippen LogP contribution < -0.4 is 16.4 Å². The first-order valence-corrected chi connectivity index (χ1v) is 6.84. The number of halogens is 2. The fourth-order valence-electron chi connectivity index (χ4n) is 2.39. The van der Waals surface area contributed by atoms with Crippen LogP contribution in [0.3, 0.4) is 0 Å². The molecule has 2 amide bonds. The Morgan fingerprint density at radius 1 is 1.09 bits per heavy atom. The number of anilines is 1. The van der Waals surface area contributed by atoms with E-state index in [1.807, 2.05) is 12.1 Å². The van der Waals surface area contributed by atoms with E-state index in [9.17, 15) is 14.7 Å². The number of primary amides is 1. The highest BCUT2D eigenvalue weighted by molar-refractivity contribution is 5.87. The number of phenols is 1. The van der Waals surface area contributed by atoms with Gasteiger partial charge in [-0.25, -0.2) is 0 Å². The molecular weight excluding hydrogens is 343 g/mol. The van der Waals surface area contributed by atoms with Gasteiger partial charge in [0.15, 0.2) is 0 Å². The largest absolute Gasteiger partial charge is 0.508 e. The van der Waals surface area contributed by atoms with Crippen molar-refractivity contribution in [3.05, 3.63) is 24.3 Å². The smallest absolute Gasteiger partial charge is 0.240 e. The molecule has 23 heavy (non-hydrogen) atoms. The quantitative estimate of drug-likeness (QED) is 0.700. The highest BCUT2D eigenvalue weighted by Crippen LogP contribution is 2.20. The fourth-order valence-corrected chi connectivity index (χ4v) is 2.39. The molecule has 0 bridgehead atoms. The molecule has 9 heteroatoms. The minimum atomic E-state index is -0.859. The van der Waals surface area contributed by atoms with Crippen molar-refractivity contribution in [3.8, 4) is 5.75 Å². The maximum atomic E-state index is 12.1. The first-order chi connectivity index (χ1) is 9.97. The average Bonchev–Trinajstić information content (AvgIpc) is 2.47. The standard InChI is InChI=1S/C14H20N4O3.2ClH/c15-12(9-13(16)20)14(21)18-7-5-17(6-8-18)10-1-3-11(19)4-2-10;;/h1-4,12,19H,5-9,15H2,(H2,16,20);2*1H. The molecule has 1 atom stereocenters. The van der Waals surface area contributed by atoms with E-state index < -0.39 is 11.9 Å². The normalized spacial score (nSPS) is 15.2. The maximum Gasteiger partial charge on any atom is 0.240 e. The molecule has 1 aliphatic heterocycles. The summed E-state index contributed by atoms with van der Waals surface area (Å²) in [5.74, 6) is -0.581.